The number of amides is 1. The number of benzene rings is 1. The van der Waals surface area contributed by atoms with E-state index in [-0.39, 0.29) is 24.0 Å². The SMILES string of the molecule is NC1CCCC(C(=O)N2CCOC(c3ccccc3Br)C2)C1. The van der Waals surface area contributed by atoms with E-state index in [1.165, 1.54) is 0 Å². The molecule has 3 rings (SSSR count). The highest BCUT2D eigenvalue weighted by atomic mass is 79.9. The van der Waals surface area contributed by atoms with Crippen LogP contribution in [0, 0.1) is 5.92 Å². The number of hydrogen-bond acceptors (Lipinski definition) is 3. The number of carbonyl (C=O) groups is 1. The normalized spacial score (nSPS) is 29.4. The van der Waals surface area contributed by atoms with Crippen molar-refractivity contribution in [2.45, 2.75) is 37.8 Å². The van der Waals surface area contributed by atoms with Crippen LogP contribution in [0.15, 0.2) is 28.7 Å². The first-order valence-corrected chi connectivity index (χ1v) is 8.85. The summed E-state index contributed by atoms with van der Waals surface area (Å²) in [6, 6.07) is 8.24. The maximum absolute atomic E-state index is 12.8. The van der Waals surface area contributed by atoms with Crippen molar-refractivity contribution in [1.29, 1.82) is 0 Å². The van der Waals surface area contributed by atoms with Crippen molar-refractivity contribution in [1.82, 2.24) is 4.90 Å². The van der Waals surface area contributed by atoms with Crippen LogP contribution in [0.2, 0.25) is 0 Å². The summed E-state index contributed by atoms with van der Waals surface area (Å²) in [5, 5.41) is 0. The molecule has 2 N–H and O–H groups in total. The molecule has 2 fully saturated rings. The van der Waals surface area contributed by atoms with E-state index in [0.29, 0.717) is 19.7 Å². The summed E-state index contributed by atoms with van der Waals surface area (Å²) in [4.78, 5) is 14.7. The molecule has 3 atom stereocenters. The fraction of sp³-hybridized carbons (Fsp3) is 0.588. The highest BCUT2D eigenvalue weighted by Gasteiger charge is 2.32. The van der Waals surface area contributed by atoms with Crippen molar-refractivity contribution in [2.75, 3.05) is 19.7 Å². The van der Waals surface area contributed by atoms with Crippen molar-refractivity contribution in [2.24, 2.45) is 11.7 Å². The second-order valence-electron chi connectivity index (χ2n) is 6.29. The van der Waals surface area contributed by atoms with Gasteiger partial charge in [0.2, 0.25) is 5.91 Å². The Morgan fingerprint density at radius 3 is 2.91 bits per heavy atom. The molecule has 3 unspecified atom stereocenters. The number of nitrogens with two attached hydrogens (primary N) is 1. The molecular formula is C17H23BrN2O2. The van der Waals surface area contributed by atoms with E-state index in [1.54, 1.807) is 0 Å². The third-order valence-electron chi connectivity index (χ3n) is 4.69. The average Bonchev–Trinajstić information content (AvgIpc) is 2.55. The summed E-state index contributed by atoms with van der Waals surface area (Å²) in [5.74, 6) is 0.359. The van der Waals surface area contributed by atoms with Crippen LogP contribution >= 0.6 is 15.9 Å². The molecular weight excluding hydrogens is 344 g/mol. The summed E-state index contributed by atoms with van der Waals surface area (Å²) in [6.45, 7) is 1.91. The summed E-state index contributed by atoms with van der Waals surface area (Å²) >= 11 is 3.57. The second-order valence-corrected chi connectivity index (χ2v) is 7.14. The quantitative estimate of drug-likeness (QED) is 0.875. The first-order chi connectivity index (χ1) is 10.6. The number of hydrogen-bond donors (Lipinski definition) is 1. The Labute approximate surface area is 140 Å². The number of carbonyl (C=O) groups excluding carboxylic acids is 1. The molecule has 1 aliphatic carbocycles. The molecule has 5 heteroatoms. The van der Waals surface area contributed by atoms with Crippen molar-refractivity contribution in [3.05, 3.63) is 34.3 Å². The van der Waals surface area contributed by atoms with Gasteiger partial charge in [-0.1, -0.05) is 40.5 Å². The Hall–Kier alpha value is -0.910. The van der Waals surface area contributed by atoms with Crippen LogP contribution in [0.3, 0.4) is 0 Å². The Bertz CT molecular complexity index is 537. The lowest BCUT2D eigenvalue weighted by molar-refractivity contribution is -0.144. The van der Waals surface area contributed by atoms with Crippen LogP contribution in [0.4, 0.5) is 0 Å². The maximum Gasteiger partial charge on any atom is 0.225 e. The van der Waals surface area contributed by atoms with Crippen LogP contribution in [-0.2, 0) is 9.53 Å². The van der Waals surface area contributed by atoms with Gasteiger partial charge in [-0.15, -0.1) is 0 Å². The first kappa shape index (κ1) is 16.0. The van der Waals surface area contributed by atoms with Gasteiger partial charge in [-0.25, -0.2) is 0 Å². The smallest absolute Gasteiger partial charge is 0.225 e. The molecule has 4 nitrogen and oxygen atoms in total. The van der Waals surface area contributed by atoms with Gasteiger partial charge in [-0.3, -0.25) is 4.79 Å². The number of ether oxygens (including phenoxy) is 1. The lowest BCUT2D eigenvalue weighted by atomic mass is 9.85. The minimum absolute atomic E-state index is 0.0504. The topological polar surface area (TPSA) is 55.6 Å². The fourth-order valence-electron chi connectivity index (χ4n) is 3.48. The lowest BCUT2D eigenvalue weighted by Crippen LogP contribution is -2.46. The van der Waals surface area contributed by atoms with E-state index in [1.807, 2.05) is 23.1 Å². The molecule has 22 heavy (non-hydrogen) atoms. The Morgan fingerprint density at radius 1 is 1.32 bits per heavy atom. The van der Waals surface area contributed by atoms with Gasteiger partial charge in [0.1, 0.15) is 6.10 Å². The predicted octanol–water partition coefficient (Wildman–Crippen LogP) is 2.87. The maximum atomic E-state index is 12.8. The zero-order chi connectivity index (χ0) is 15.5. The summed E-state index contributed by atoms with van der Waals surface area (Å²) in [6.07, 6.45) is 3.87. The van der Waals surface area contributed by atoms with E-state index < -0.39 is 0 Å². The van der Waals surface area contributed by atoms with Gasteiger partial charge in [0, 0.05) is 23.0 Å². The highest BCUT2D eigenvalue weighted by Crippen LogP contribution is 2.31. The molecule has 1 aromatic rings. The largest absolute Gasteiger partial charge is 0.370 e. The van der Waals surface area contributed by atoms with Crippen LogP contribution in [0.5, 0.6) is 0 Å². The molecule has 2 aliphatic rings. The Balaban J connectivity index is 1.68. The zero-order valence-corrected chi connectivity index (χ0v) is 14.3. The minimum atomic E-state index is -0.0504. The average molecular weight is 367 g/mol. The molecule has 1 saturated heterocycles. The third kappa shape index (κ3) is 3.53. The third-order valence-corrected chi connectivity index (χ3v) is 5.42. The molecule has 120 valence electrons. The monoisotopic (exact) mass is 366 g/mol. The van der Waals surface area contributed by atoms with E-state index in [9.17, 15) is 4.79 Å². The molecule has 1 amide bonds. The van der Waals surface area contributed by atoms with Crippen molar-refractivity contribution >= 4 is 21.8 Å². The second kappa shape index (κ2) is 7.11. The van der Waals surface area contributed by atoms with Gasteiger partial charge in [0.15, 0.2) is 0 Å². The molecule has 1 saturated carbocycles. The van der Waals surface area contributed by atoms with Gasteiger partial charge >= 0.3 is 0 Å². The molecule has 0 spiro atoms. The molecule has 0 aromatic heterocycles. The minimum Gasteiger partial charge on any atom is -0.370 e. The molecule has 1 aliphatic heterocycles. The number of morpholine rings is 1. The van der Waals surface area contributed by atoms with E-state index in [0.717, 1.165) is 35.7 Å². The standard InChI is InChI=1S/C17H23BrN2O2/c18-15-7-2-1-6-14(15)16-11-20(8-9-22-16)17(21)12-4-3-5-13(19)10-12/h1-2,6-7,12-13,16H,3-5,8-11,19H2. The number of nitrogens with zero attached hydrogens (tertiary/aromatic N) is 1. The molecule has 1 aromatic carbocycles. The van der Waals surface area contributed by atoms with Crippen LogP contribution in [0.1, 0.15) is 37.4 Å². The lowest BCUT2D eigenvalue weighted by Gasteiger charge is -2.37. The van der Waals surface area contributed by atoms with Gasteiger partial charge in [0.25, 0.3) is 0 Å². The van der Waals surface area contributed by atoms with Gasteiger partial charge in [-0.05, 0) is 30.9 Å². The zero-order valence-electron chi connectivity index (χ0n) is 12.7. The number of halogens is 1. The molecule has 0 bridgehead atoms. The predicted molar refractivity (Wildman–Crippen MR) is 89.3 cm³/mol. The van der Waals surface area contributed by atoms with Gasteiger partial charge in [0.05, 0.1) is 13.2 Å². The van der Waals surface area contributed by atoms with Crippen LogP contribution in [-0.4, -0.2) is 36.5 Å². The van der Waals surface area contributed by atoms with Crippen molar-refractivity contribution in [3.63, 3.8) is 0 Å². The Kier molecular flexibility index (Phi) is 5.16. The summed E-state index contributed by atoms with van der Waals surface area (Å²) < 4.78 is 6.92. The molecule has 0 radical (unpaired) electrons. The van der Waals surface area contributed by atoms with E-state index in [2.05, 4.69) is 22.0 Å². The van der Waals surface area contributed by atoms with Crippen molar-refractivity contribution < 1.29 is 9.53 Å². The van der Waals surface area contributed by atoms with Gasteiger partial charge < -0.3 is 15.4 Å². The summed E-state index contributed by atoms with van der Waals surface area (Å²) in [7, 11) is 0. The highest BCUT2D eigenvalue weighted by molar-refractivity contribution is 9.10. The Morgan fingerprint density at radius 2 is 2.14 bits per heavy atom. The van der Waals surface area contributed by atoms with Crippen LogP contribution in [0.25, 0.3) is 0 Å². The van der Waals surface area contributed by atoms with Crippen LogP contribution < -0.4 is 5.73 Å². The van der Waals surface area contributed by atoms with Gasteiger partial charge in [-0.2, -0.15) is 0 Å². The fourth-order valence-corrected chi connectivity index (χ4v) is 4.02. The number of rotatable bonds is 2. The van der Waals surface area contributed by atoms with E-state index >= 15 is 0 Å². The first-order valence-electron chi connectivity index (χ1n) is 8.05. The molecule has 1 heterocycles. The van der Waals surface area contributed by atoms with E-state index in [4.69, 9.17) is 10.5 Å². The summed E-state index contributed by atoms with van der Waals surface area (Å²) in [5.41, 5.74) is 7.14. The van der Waals surface area contributed by atoms with Crippen molar-refractivity contribution in [3.8, 4) is 0 Å².